The highest BCUT2D eigenvalue weighted by Gasteiger charge is 2.30. The molecule has 2 N–H and O–H groups in total. The third-order valence-corrected chi connectivity index (χ3v) is 6.28. The Kier molecular flexibility index (Phi) is 6.55. The lowest BCUT2D eigenvalue weighted by molar-refractivity contribution is -0.137. The molecule has 0 aliphatic heterocycles. The van der Waals surface area contributed by atoms with E-state index < -0.39 is 23.8 Å². The molecule has 0 aliphatic rings. The normalized spacial score (nSPS) is 12.3. The fraction of sp³-hybridized carbons (Fsp3) is 0.0769. The number of hydrogen-bond acceptors (Lipinski definition) is 7. The Balaban J connectivity index is 1.36. The zero-order valence-electron chi connectivity index (χ0n) is 18.8. The van der Waals surface area contributed by atoms with Gasteiger partial charge in [-0.1, -0.05) is 59.9 Å². The number of para-hydroxylation sites is 1. The maximum atomic E-state index is 12.9. The number of aromatic nitrogens is 3. The molecule has 7 nitrogen and oxygen atoms in total. The number of amides is 1. The van der Waals surface area contributed by atoms with E-state index in [0.717, 1.165) is 16.8 Å². The first-order chi connectivity index (χ1) is 17.8. The SMILES string of the molecule is O=C(Nc1nc2c(Oc3cc(-c4ccc(C(F)(F)F)cc4)ncn3)cccc2s1)C(O)c1ccccc1. The lowest BCUT2D eigenvalue weighted by atomic mass is 10.1. The summed E-state index contributed by atoms with van der Waals surface area (Å²) in [7, 11) is 0. The molecule has 0 fully saturated rings. The highest BCUT2D eigenvalue weighted by Crippen LogP contribution is 2.35. The number of alkyl halides is 3. The molecular weight excluding hydrogens is 505 g/mol. The number of aliphatic hydroxyl groups excluding tert-OH is 1. The molecule has 1 atom stereocenters. The smallest absolute Gasteiger partial charge is 0.416 e. The van der Waals surface area contributed by atoms with Crippen molar-refractivity contribution in [1.82, 2.24) is 15.0 Å². The van der Waals surface area contributed by atoms with Gasteiger partial charge < -0.3 is 9.84 Å². The number of thiazole rings is 1. The summed E-state index contributed by atoms with van der Waals surface area (Å²) in [5, 5.41) is 13.2. The van der Waals surface area contributed by atoms with Gasteiger partial charge in [-0.05, 0) is 29.8 Å². The van der Waals surface area contributed by atoms with Crippen LogP contribution < -0.4 is 10.1 Å². The minimum Gasteiger partial charge on any atom is -0.437 e. The van der Waals surface area contributed by atoms with Crippen molar-refractivity contribution >= 4 is 32.6 Å². The van der Waals surface area contributed by atoms with Crippen molar-refractivity contribution in [1.29, 1.82) is 0 Å². The topological polar surface area (TPSA) is 97.2 Å². The number of nitrogens with one attached hydrogen (secondary N) is 1. The van der Waals surface area contributed by atoms with Gasteiger partial charge in [-0.15, -0.1) is 0 Å². The molecule has 37 heavy (non-hydrogen) atoms. The number of anilines is 1. The highest BCUT2D eigenvalue weighted by molar-refractivity contribution is 7.22. The standard InChI is InChI=1S/C26H17F3N4O3S/c27-26(28,29)17-11-9-15(10-12-17)18-13-21(31-14-30-18)36-19-7-4-8-20-22(19)32-25(37-20)33-24(35)23(34)16-5-2-1-3-6-16/h1-14,23,34H,(H,32,33,35). The molecule has 0 saturated carbocycles. The first-order valence-corrected chi connectivity index (χ1v) is 11.7. The van der Waals surface area contributed by atoms with Gasteiger partial charge in [-0.2, -0.15) is 13.2 Å². The summed E-state index contributed by atoms with van der Waals surface area (Å²) in [6, 6.07) is 19.9. The summed E-state index contributed by atoms with van der Waals surface area (Å²) < 4.78 is 45.2. The van der Waals surface area contributed by atoms with E-state index in [1.807, 2.05) is 0 Å². The Morgan fingerprint density at radius 2 is 1.73 bits per heavy atom. The first-order valence-electron chi connectivity index (χ1n) is 10.9. The van der Waals surface area contributed by atoms with Crippen LogP contribution in [0.4, 0.5) is 18.3 Å². The molecule has 3 aromatic carbocycles. The molecule has 2 heterocycles. The van der Waals surface area contributed by atoms with Crippen LogP contribution in [0.15, 0.2) is 85.2 Å². The van der Waals surface area contributed by atoms with Crippen molar-refractivity contribution in [3.8, 4) is 22.9 Å². The molecule has 5 rings (SSSR count). The number of nitrogens with zero attached hydrogens (tertiary/aromatic N) is 3. The number of rotatable bonds is 6. The van der Waals surface area contributed by atoms with E-state index in [9.17, 15) is 23.1 Å². The Morgan fingerprint density at radius 3 is 2.46 bits per heavy atom. The van der Waals surface area contributed by atoms with Crippen LogP contribution in [0.2, 0.25) is 0 Å². The molecule has 0 radical (unpaired) electrons. The second kappa shape index (κ2) is 9.96. The van der Waals surface area contributed by atoms with Crippen LogP contribution in [-0.2, 0) is 11.0 Å². The molecule has 0 bridgehead atoms. The third-order valence-electron chi connectivity index (χ3n) is 5.34. The van der Waals surface area contributed by atoms with E-state index in [-0.39, 0.29) is 11.0 Å². The number of halogens is 3. The maximum absolute atomic E-state index is 12.9. The Bertz CT molecular complexity index is 1560. The molecule has 2 aromatic heterocycles. The predicted octanol–water partition coefficient (Wildman–Crippen LogP) is 6.24. The number of hydrogen-bond donors (Lipinski definition) is 2. The monoisotopic (exact) mass is 522 g/mol. The molecule has 11 heteroatoms. The minimum absolute atomic E-state index is 0.162. The average Bonchev–Trinajstić information content (AvgIpc) is 3.32. The third kappa shape index (κ3) is 5.42. The van der Waals surface area contributed by atoms with E-state index in [2.05, 4.69) is 20.3 Å². The van der Waals surface area contributed by atoms with Gasteiger partial charge in [-0.3, -0.25) is 10.1 Å². The molecule has 1 unspecified atom stereocenters. The Hall–Kier alpha value is -4.35. The Morgan fingerprint density at radius 1 is 0.973 bits per heavy atom. The van der Waals surface area contributed by atoms with Crippen molar-refractivity contribution in [2.24, 2.45) is 0 Å². The fourth-order valence-electron chi connectivity index (χ4n) is 3.52. The van der Waals surface area contributed by atoms with Gasteiger partial charge >= 0.3 is 6.18 Å². The summed E-state index contributed by atoms with van der Waals surface area (Å²) in [6.07, 6.45) is -4.53. The molecule has 5 aromatic rings. The Labute approximate surface area is 212 Å². The minimum atomic E-state index is -4.43. The number of ether oxygens (including phenoxy) is 1. The lowest BCUT2D eigenvalue weighted by Crippen LogP contribution is -2.20. The van der Waals surface area contributed by atoms with Crippen LogP contribution in [0.5, 0.6) is 11.6 Å². The van der Waals surface area contributed by atoms with Crippen LogP contribution >= 0.6 is 11.3 Å². The second-order valence-corrected chi connectivity index (χ2v) is 8.87. The summed E-state index contributed by atoms with van der Waals surface area (Å²) in [5.74, 6) is -0.102. The van der Waals surface area contributed by atoms with E-state index in [1.165, 1.54) is 35.9 Å². The quantitative estimate of drug-likeness (QED) is 0.274. The van der Waals surface area contributed by atoms with E-state index in [0.29, 0.717) is 28.1 Å². The maximum Gasteiger partial charge on any atom is 0.416 e. The molecule has 0 saturated heterocycles. The van der Waals surface area contributed by atoms with Crippen molar-refractivity contribution < 1.29 is 27.8 Å². The van der Waals surface area contributed by atoms with Crippen molar-refractivity contribution in [2.45, 2.75) is 12.3 Å². The van der Waals surface area contributed by atoms with Crippen LogP contribution in [0.1, 0.15) is 17.2 Å². The number of fused-ring (bicyclic) bond motifs is 1. The van der Waals surface area contributed by atoms with Gasteiger partial charge in [0.05, 0.1) is 16.0 Å². The van der Waals surface area contributed by atoms with Crippen LogP contribution in [0, 0.1) is 0 Å². The predicted molar refractivity (Wildman–Crippen MR) is 132 cm³/mol. The summed E-state index contributed by atoms with van der Waals surface area (Å²) in [4.78, 5) is 25.2. The van der Waals surface area contributed by atoms with E-state index in [1.54, 1.807) is 48.5 Å². The summed E-state index contributed by atoms with van der Waals surface area (Å²) in [6.45, 7) is 0. The largest absolute Gasteiger partial charge is 0.437 e. The van der Waals surface area contributed by atoms with Crippen LogP contribution in [0.3, 0.4) is 0 Å². The average molecular weight is 523 g/mol. The van der Waals surface area contributed by atoms with Gasteiger partial charge in [0.1, 0.15) is 11.8 Å². The fourth-order valence-corrected chi connectivity index (χ4v) is 4.40. The molecule has 0 spiro atoms. The van der Waals surface area contributed by atoms with Crippen molar-refractivity contribution in [3.05, 3.63) is 96.3 Å². The zero-order chi connectivity index (χ0) is 26.0. The van der Waals surface area contributed by atoms with Gasteiger partial charge in [0.2, 0.25) is 5.88 Å². The van der Waals surface area contributed by atoms with Crippen LogP contribution in [-0.4, -0.2) is 26.0 Å². The number of aliphatic hydroxyl groups is 1. The molecule has 1 amide bonds. The molecule has 0 aliphatic carbocycles. The van der Waals surface area contributed by atoms with Crippen LogP contribution in [0.25, 0.3) is 21.5 Å². The lowest BCUT2D eigenvalue weighted by Gasteiger charge is -2.09. The molecular formula is C26H17F3N4O3S. The number of carbonyl (C=O) groups excluding carboxylic acids is 1. The van der Waals surface area contributed by atoms with Gasteiger partial charge in [0, 0.05) is 11.6 Å². The summed E-state index contributed by atoms with van der Waals surface area (Å²) in [5.41, 5.74) is 1.02. The van der Waals surface area contributed by atoms with Crippen molar-refractivity contribution in [2.75, 3.05) is 5.32 Å². The summed E-state index contributed by atoms with van der Waals surface area (Å²) >= 11 is 1.21. The van der Waals surface area contributed by atoms with E-state index in [4.69, 9.17) is 4.74 Å². The molecule has 186 valence electrons. The highest BCUT2D eigenvalue weighted by atomic mass is 32.1. The number of benzene rings is 3. The van der Waals surface area contributed by atoms with Gasteiger partial charge in [-0.25, -0.2) is 15.0 Å². The van der Waals surface area contributed by atoms with Gasteiger partial charge in [0.25, 0.3) is 5.91 Å². The zero-order valence-corrected chi connectivity index (χ0v) is 19.6. The second-order valence-electron chi connectivity index (χ2n) is 7.84. The van der Waals surface area contributed by atoms with E-state index >= 15 is 0 Å². The van der Waals surface area contributed by atoms with Crippen molar-refractivity contribution in [3.63, 3.8) is 0 Å². The first kappa shape index (κ1) is 24.3. The number of carbonyl (C=O) groups is 1. The van der Waals surface area contributed by atoms with Gasteiger partial charge in [0.15, 0.2) is 17.0 Å².